The van der Waals surface area contributed by atoms with E-state index in [0.29, 0.717) is 6.61 Å². The van der Waals surface area contributed by atoms with Crippen LogP contribution >= 0.6 is 0 Å². The Kier molecular flexibility index (Phi) is 6.56. The van der Waals surface area contributed by atoms with Gasteiger partial charge in [-0.1, -0.05) is 74.5 Å². The zero-order valence-electron chi connectivity index (χ0n) is 14.8. The minimum absolute atomic E-state index is 0.0128. The Balaban J connectivity index is 1.75. The van der Waals surface area contributed by atoms with Gasteiger partial charge in [0.05, 0.1) is 6.61 Å². The van der Waals surface area contributed by atoms with Gasteiger partial charge in [-0.15, -0.1) is 0 Å². The Hall–Kier alpha value is -2.13. The first-order chi connectivity index (χ1) is 11.5. The number of hydrogen-bond donors (Lipinski definition) is 1. The number of nitrogens with one attached hydrogen (secondary N) is 1. The lowest BCUT2D eigenvalue weighted by atomic mass is 9.79. The fraction of sp³-hybridized carbons (Fsp3) is 0.381. The molecule has 0 saturated heterocycles. The molecule has 2 aromatic rings. The van der Waals surface area contributed by atoms with Crippen LogP contribution in [0.25, 0.3) is 0 Å². The van der Waals surface area contributed by atoms with Gasteiger partial charge in [0, 0.05) is 6.04 Å². The monoisotopic (exact) mass is 325 g/mol. The summed E-state index contributed by atoms with van der Waals surface area (Å²) in [5.41, 5.74) is 2.37. The minimum Gasteiger partial charge on any atom is -0.367 e. The lowest BCUT2D eigenvalue weighted by Gasteiger charge is -2.29. The average Bonchev–Trinajstić information content (AvgIpc) is 2.56. The van der Waals surface area contributed by atoms with E-state index in [-0.39, 0.29) is 24.0 Å². The lowest BCUT2D eigenvalue weighted by molar-refractivity contribution is -0.126. The Morgan fingerprint density at radius 3 is 2.25 bits per heavy atom. The van der Waals surface area contributed by atoms with Crippen molar-refractivity contribution in [2.45, 2.75) is 45.3 Å². The van der Waals surface area contributed by atoms with Crippen LogP contribution in [0.3, 0.4) is 0 Å². The molecule has 3 nitrogen and oxygen atoms in total. The van der Waals surface area contributed by atoms with Gasteiger partial charge >= 0.3 is 0 Å². The first kappa shape index (κ1) is 18.2. The number of ether oxygens (including phenoxy) is 1. The molecule has 1 N–H and O–H groups in total. The molecule has 0 aliphatic heterocycles. The van der Waals surface area contributed by atoms with E-state index in [4.69, 9.17) is 4.74 Å². The summed E-state index contributed by atoms with van der Waals surface area (Å²) in [5.74, 6) is -0.0673. The zero-order valence-corrected chi connectivity index (χ0v) is 14.8. The maximum Gasteiger partial charge on any atom is 0.246 e. The fourth-order valence-electron chi connectivity index (χ4n) is 2.98. The van der Waals surface area contributed by atoms with Gasteiger partial charge in [0.15, 0.2) is 0 Å². The van der Waals surface area contributed by atoms with Gasteiger partial charge in [0.2, 0.25) is 5.91 Å². The summed E-state index contributed by atoms with van der Waals surface area (Å²) in [5, 5.41) is 3.03. The van der Waals surface area contributed by atoms with Gasteiger partial charge < -0.3 is 10.1 Å². The summed E-state index contributed by atoms with van der Waals surface area (Å²) in [6, 6.07) is 20.4. The van der Waals surface area contributed by atoms with E-state index in [2.05, 4.69) is 43.4 Å². The molecule has 0 aromatic heterocycles. The Morgan fingerprint density at radius 1 is 1.04 bits per heavy atom. The van der Waals surface area contributed by atoms with Crippen molar-refractivity contribution in [3.63, 3.8) is 0 Å². The molecule has 0 heterocycles. The topological polar surface area (TPSA) is 38.3 Å². The van der Waals surface area contributed by atoms with Crippen LogP contribution in [0, 0.1) is 0 Å². The molecule has 1 unspecified atom stereocenters. The lowest BCUT2D eigenvalue weighted by Crippen LogP contribution is -2.39. The van der Waals surface area contributed by atoms with E-state index in [1.807, 2.05) is 43.3 Å². The van der Waals surface area contributed by atoms with Crippen LogP contribution in [0.5, 0.6) is 0 Å². The third-order valence-corrected chi connectivity index (χ3v) is 4.12. The van der Waals surface area contributed by atoms with E-state index >= 15 is 0 Å². The Morgan fingerprint density at radius 2 is 1.62 bits per heavy atom. The summed E-state index contributed by atoms with van der Waals surface area (Å²) < 4.78 is 5.49. The van der Waals surface area contributed by atoms with Crippen LogP contribution in [0.15, 0.2) is 60.7 Å². The highest BCUT2D eigenvalue weighted by molar-refractivity contribution is 5.77. The average molecular weight is 325 g/mol. The molecule has 0 bridgehead atoms. The quantitative estimate of drug-likeness (QED) is 0.794. The third kappa shape index (κ3) is 5.82. The molecule has 128 valence electrons. The van der Waals surface area contributed by atoms with Crippen molar-refractivity contribution >= 4 is 5.91 Å². The molecule has 0 aliphatic rings. The molecule has 2 aromatic carbocycles. The van der Waals surface area contributed by atoms with E-state index < -0.39 is 0 Å². The second-order valence-corrected chi connectivity index (χ2v) is 6.90. The van der Waals surface area contributed by atoms with Crippen molar-refractivity contribution < 1.29 is 9.53 Å². The van der Waals surface area contributed by atoms with Gasteiger partial charge in [-0.25, -0.2) is 0 Å². The molecule has 3 heteroatoms. The summed E-state index contributed by atoms with van der Waals surface area (Å²) in [6.45, 7) is 7.00. The normalized spacial score (nSPS) is 12.6. The maximum absolute atomic E-state index is 12.0. The molecule has 1 atom stereocenters. The van der Waals surface area contributed by atoms with Crippen LogP contribution in [0.1, 0.15) is 38.3 Å². The number of carbonyl (C=O) groups excluding carboxylic acids is 1. The highest BCUT2D eigenvalue weighted by Gasteiger charge is 2.23. The Labute approximate surface area is 145 Å². The van der Waals surface area contributed by atoms with Crippen molar-refractivity contribution in [2.24, 2.45) is 0 Å². The SMILES string of the molecule is CC(CC(C)(C)c1ccccc1)NC(=O)COCc1ccccc1. The first-order valence-electron chi connectivity index (χ1n) is 8.44. The number of hydrogen-bond acceptors (Lipinski definition) is 2. The van der Waals surface area contributed by atoms with Crippen molar-refractivity contribution in [3.8, 4) is 0 Å². The molecule has 0 fully saturated rings. The third-order valence-electron chi connectivity index (χ3n) is 4.12. The van der Waals surface area contributed by atoms with Gasteiger partial charge in [0.1, 0.15) is 6.61 Å². The second kappa shape index (κ2) is 8.65. The summed E-state index contributed by atoms with van der Waals surface area (Å²) in [4.78, 5) is 12.0. The smallest absolute Gasteiger partial charge is 0.246 e. The van der Waals surface area contributed by atoms with Gasteiger partial charge in [-0.3, -0.25) is 4.79 Å². The van der Waals surface area contributed by atoms with Crippen LogP contribution < -0.4 is 5.32 Å². The van der Waals surface area contributed by atoms with Gasteiger partial charge in [-0.2, -0.15) is 0 Å². The molecule has 1 amide bonds. The van der Waals surface area contributed by atoms with Crippen LogP contribution in [-0.4, -0.2) is 18.6 Å². The van der Waals surface area contributed by atoms with E-state index in [1.165, 1.54) is 5.56 Å². The van der Waals surface area contributed by atoms with Crippen LogP contribution in [-0.2, 0) is 21.6 Å². The molecule has 2 rings (SSSR count). The summed E-state index contributed by atoms with van der Waals surface area (Å²) in [7, 11) is 0. The zero-order chi connectivity index (χ0) is 17.4. The number of amides is 1. The van der Waals surface area contributed by atoms with Gasteiger partial charge in [-0.05, 0) is 29.9 Å². The maximum atomic E-state index is 12.0. The van der Waals surface area contributed by atoms with Crippen molar-refractivity contribution in [1.82, 2.24) is 5.32 Å². The standard InChI is InChI=1S/C21H27NO2/c1-17(14-21(2,3)19-12-8-5-9-13-19)22-20(23)16-24-15-18-10-6-4-7-11-18/h4-13,17H,14-16H2,1-3H3,(H,22,23). The molecule has 0 radical (unpaired) electrons. The van der Waals surface area contributed by atoms with Crippen LogP contribution in [0.2, 0.25) is 0 Å². The first-order valence-corrected chi connectivity index (χ1v) is 8.44. The van der Waals surface area contributed by atoms with E-state index in [0.717, 1.165) is 12.0 Å². The summed E-state index contributed by atoms with van der Waals surface area (Å²) in [6.07, 6.45) is 0.876. The highest BCUT2D eigenvalue weighted by Crippen LogP contribution is 2.28. The fourth-order valence-corrected chi connectivity index (χ4v) is 2.98. The second-order valence-electron chi connectivity index (χ2n) is 6.90. The van der Waals surface area contributed by atoms with Crippen molar-refractivity contribution in [1.29, 1.82) is 0 Å². The van der Waals surface area contributed by atoms with Crippen LogP contribution in [0.4, 0.5) is 0 Å². The molecular formula is C21H27NO2. The van der Waals surface area contributed by atoms with Gasteiger partial charge in [0.25, 0.3) is 0 Å². The molecular weight excluding hydrogens is 298 g/mol. The van der Waals surface area contributed by atoms with E-state index in [9.17, 15) is 4.79 Å². The molecule has 0 saturated carbocycles. The van der Waals surface area contributed by atoms with Crippen molar-refractivity contribution in [3.05, 3.63) is 71.8 Å². The predicted molar refractivity (Wildman–Crippen MR) is 97.8 cm³/mol. The Bertz CT molecular complexity index is 623. The number of benzene rings is 2. The highest BCUT2D eigenvalue weighted by atomic mass is 16.5. The molecule has 0 aliphatic carbocycles. The minimum atomic E-state index is -0.0673. The van der Waals surface area contributed by atoms with E-state index in [1.54, 1.807) is 0 Å². The molecule has 24 heavy (non-hydrogen) atoms. The molecule has 0 spiro atoms. The number of rotatable bonds is 8. The largest absolute Gasteiger partial charge is 0.367 e. The predicted octanol–water partition coefficient (Wildman–Crippen LogP) is 4.08. The summed E-state index contributed by atoms with van der Waals surface area (Å²) >= 11 is 0. The number of carbonyl (C=O) groups is 1. The van der Waals surface area contributed by atoms with Crippen molar-refractivity contribution in [2.75, 3.05) is 6.61 Å².